The van der Waals surface area contributed by atoms with Crippen molar-refractivity contribution >= 4 is 0 Å². The third kappa shape index (κ3) is 1.40. The molecule has 0 spiro atoms. The molecule has 2 aliphatic carbocycles. The lowest BCUT2D eigenvalue weighted by Gasteiger charge is -2.42. The van der Waals surface area contributed by atoms with Gasteiger partial charge in [-0.25, -0.2) is 0 Å². The van der Waals surface area contributed by atoms with Gasteiger partial charge in [0.05, 0.1) is 12.7 Å². The average Bonchev–Trinajstić information content (AvgIpc) is 2.68. The summed E-state index contributed by atoms with van der Waals surface area (Å²) in [5.41, 5.74) is 0.551. The third-order valence-electron chi connectivity index (χ3n) is 5.54. The van der Waals surface area contributed by atoms with E-state index in [2.05, 4.69) is 32.9 Å². The Morgan fingerprint density at radius 3 is 2.62 bits per heavy atom. The zero-order valence-corrected chi connectivity index (χ0v) is 10.8. The van der Waals surface area contributed by atoms with E-state index >= 15 is 0 Å². The van der Waals surface area contributed by atoms with E-state index in [9.17, 15) is 0 Å². The number of hydrogen-bond acceptors (Lipinski definition) is 1. The molecule has 0 aromatic heterocycles. The van der Waals surface area contributed by atoms with Crippen LogP contribution >= 0.6 is 0 Å². The predicted octanol–water partition coefficient (Wildman–Crippen LogP) is 3.65. The van der Waals surface area contributed by atoms with Gasteiger partial charge < -0.3 is 4.74 Å². The molecular weight excluding hydrogens is 196 g/mol. The lowest BCUT2D eigenvalue weighted by molar-refractivity contribution is -0.0308. The third-order valence-corrected chi connectivity index (χ3v) is 5.54. The van der Waals surface area contributed by atoms with Gasteiger partial charge in [0.1, 0.15) is 0 Å². The molecule has 1 nitrogen and oxygen atoms in total. The predicted molar refractivity (Wildman–Crippen MR) is 66.1 cm³/mol. The van der Waals surface area contributed by atoms with Crippen molar-refractivity contribution in [2.75, 3.05) is 6.61 Å². The molecule has 90 valence electrons. The summed E-state index contributed by atoms with van der Waals surface area (Å²) in [6.45, 7) is 8.34. The van der Waals surface area contributed by atoms with Gasteiger partial charge in [0.2, 0.25) is 0 Å². The summed E-state index contributed by atoms with van der Waals surface area (Å²) < 4.78 is 6.00. The lowest BCUT2D eigenvalue weighted by atomic mass is 9.66. The van der Waals surface area contributed by atoms with Crippen LogP contribution in [-0.2, 0) is 4.74 Å². The minimum Gasteiger partial charge on any atom is -0.374 e. The maximum Gasteiger partial charge on any atom is 0.0791 e. The van der Waals surface area contributed by atoms with E-state index in [0.29, 0.717) is 11.5 Å². The van der Waals surface area contributed by atoms with Gasteiger partial charge in [0.15, 0.2) is 0 Å². The zero-order valence-electron chi connectivity index (χ0n) is 10.8. The fourth-order valence-corrected chi connectivity index (χ4v) is 5.06. The maximum atomic E-state index is 6.00. The number of fused-ring (bicyclic) bond motifs is 2. The Balaban J connectivity index is 1.86. The van der Waals surface area contributed by atoms with Gasteiger partial charge in [-0.05, 0) is 48.3 Å². The Morgan fingerprint density at radius 1 is 1.25 bits per heavy atom. The van der Waals surface area contributed by atoms with Gasteiger partial charge in [0.25, 0.3) is 0 Å². The molecule has 0 saturated heterocycles. The minimum absolute atomic E-state index is 0.409. The normalized spacial score (nSPS) is 55.8. The molecule has 2 saturated carbocycles. The smallest absolute Gasteiger partial charge is 0.0791 e. The van der Waals surface area contributed by atoms with Gasteiger partial charge >= 0.3 is 0 Å². The number of ether oxygens (including phenoxy) is 1. The Labute approximate surface area is 99.3 Å². The Morgan fingerprint density at radius 2 is 2.06 bits per heavy atom. The first kappa shape index (κ1) is 10.8. The fraction of sp³-hybridized carbons (Fsp3) is 0.867. The molecule has 0 N–H and O–H groups in total. The molecule has 0 aromatic rings. The van der Waals surface area contributed by atoms with Crippen LogP contribution < -0.4 is 0 Å². The summed E-state index contributed by atoms with van der Waals surface area (Å²) in [5.74, 6) is 3.50. The van der Waals surface area contributed by atoms with Crippen molar-refractivity contribution in [1.29, 1.82) is 0 Å². The van der Waals surface area contributed by atoms with Crippen molar-refractivity contribution in [3.63, 3.8) is 0 Å². The van der Waals surface area contributed by atoms with Crippen molar-refractivity contribution in [2.24, 2.45) is 29.1 Å². The van der Waals surface area contributed by atoms with Gasteiger partial charge in [0, 0.05) is 0 Å². The van der Waals surface area contributed by atoms with E-state index in [1.165, 1.54) is 12.8 Å². The Hall–Kier alpha value is -0.300. The standard InChI is InChI=1S/C15H24O/c1-10-8-15(3)9-12(10)11(2)14(15)13-6-4-5-7-16-13/h4,6,10-14H,5,7-9H2,1-3H3. The summed E-state index contributed by atoms with van der Waals surface area (Å²) in [5, 5.41) is 0. The maximum absolute atomic E-state index is 6.00. The van der Waals surface area contributed by atoms with Crippen molar-refractivity contribution in [1.82, 2.24) is 0 Å². The van der Waals surface area contributed by atoms with E-state index in [0.717, 1.165) is 36.7 Å². The topological polar surface area (TPSA) is 9.23 Å². The molecule has 16 heavy (non-hydrogen) atoms. The van der Waals surface area contributed by atoms with E-state index in [1.54, 1.807) is 0 Å². The summed E-state index contributed by atoms with van der Waals surface area (Å²) >= 11 is 0. The summed E-state index contributed by atoms with van der Waals surface area (Å²) in [4.78, 5) is 0. The number of hydrogen-bond donors (Lipinski definition) is 0. The van der Waals surface area contributed by atoms with Gasteiger partial charge in [-0.15, -0.1) is 0 Å². The highest BCUT2D eigenvalue weighted by Crippen LogP contribution is 2.63. The first-order chi connectivity index (χ1) is 7.62. The fourth-order valence-electron chi connectivity index (χ4n) is 5.06. The quantitative estimate of drug-likeness (QED) is 0.613. The van der Waals surface area contributed by atoms with Crippen LogP contribution in [0.4, 0.5) is 0 Å². The first-order valence-corrected chi connectivity index (χ1v) is 6.90. The minimum atomic E-state index is 0.409. The van der Waals surface area contributed by atoms with Crippen LogP contribution in [-0.4, -0.2) is 12.7 Å². The van der Waals surface area contributed by atoms with Crippen LogP contribution in [0.2, 0.25) is 0 Å². The first-order valence-electron chi connectivity index (χ1n) is 6.90. The largest absolute Gasteiger partial charge is 0.374 e. The Bertz CT molecular complexity index is 309. The molecule has 1 heteroatoms. The highest BCUT2D eigenvalue weighted by Gasteiger charge is 2.58. The van der Waals surface area contributed by atoms with Crippen molar-refractivity contribution in [3.8, 4) is 0 Å². The molecule has 2 fully saturated rings. The highest BCUT2D eigenvalue weighted by molar-refractivity contribution is 5.11. The van der Waals surface area contributed by atoms with Crippen LogP contribution in [0, 0.1) is 29.1 Å². The number of rotatable bonds is 1. The SMILES string of the molecule is CC1CC2(C)CC1C(C)C2C1C=CCCO1. The molecule has 0 aromatic carbocycles. The van der Waals surface area contributed by atoms with Crippen molar-refractivity contribution in [3.05, 3.63) is 12.2 Å². The molecule has 1 heterocycles. The lowest BCUT2D eigenvalue weighted by Crippen LogP contribution is -2.40. The van der Waals surface area contributed by atoms with Crippen LogP contribution in [0.1, 0.15) is 40.0 Å². The molecule has 6 atom stereocenters. The van der Waals surface area contributed by atoms with Crippen LogP contribution in [0.15, 0.2) is 12.2 Å². The van der Waals surface area contributed by atoms with Crippen LogP contribution in [0.3, 0.4) is 0 Å². The van der Waals surface area contributed by atoms with E-state index < -0.39 is 0 Å². The molecule has 6 unspecified atom stereocenters. The molecule has 3 aliphatic rings. The van der Waals surface area contributed by atoms with E-state index in [-0.39, 0.29) is 0 Å². The summed E-state index contributed by atoms with van der Waals surface area (Å²) in [6.07, 6.45) is 9.02. The van der Waals surface area contributed by atoms with Gasteiger partial charge in [-0.3, -0.25) is 0 Å². The van der Waals surface area contributed by atoms with Gasteiger partial charge in [-0.1, -0.05) is 32.9 Å². The van der Waals surface area contributed by atoms with E-state index in [1.807, 2.05) is 0 Å². The molecule has 0 amide bonds. The van der Waals surface area contributed by atoms with Crippen molar-refractivity contribution in [2.45, 2.75) is 46.1 Å². The molecule has 0 radical (unpaired) electrons. The summed E-state index contributed by atoms with van der Waals surface area (Å²) in [6, 6.07) is 0. The second kappa shape index (κ2) is 3.60. The highest BCUT2D eigenvalue weighted by atomic mass is 16.5. The molecular formula is C15H24O. The van der Waals surface area contributed by atoms with E-state index in [4.69, 9.17) is 4.74 Å². The van der Waals surface area contributed by atoms with Crippen LogP contribution in [0.25, 0.3) is 0 Å². The van der Waals surface area contributed by atoms with Gasteiger partial charge in [-0.2, -0.15) is 0 Å². The summed E-state index contributed by atoms with van der Waals surface area (Å²) in [7, 11) is 0. The second-order valence-electron chi connectivity index (χ2n) is 6.64. The zero-order chi connectivity index (χ0) is 11.3. The Kier molecular flexibility index (Phi) is 2.43. The monoisotopic (exact) mass is 220 g/mol. The van der Waals surface area contributed by atoms with Crippen LogP contribution in [0.5, 0.6) is 0 Å². The average molecular weight is 220 g/mol. The second-order valence-corrected chi connectivity index (χ2v) is 6.64. The molecule has 2 bridgehead atoms. The van der Waals surface area contributed by atoms with Crippen molar-refractivity contribution < 1.29 is 4.74 Å². The molecule has 1 aliphatic heterocycles. The molecule has 3 rings (SSSR count).